The third-order valence-corrected chi connectivity index (χ3v) is 7.37. The summed E-state index contributed by atoms with van der Waals surface area (Å²) >= 11 is 12.1. The molecule has 1 heterocycles. The van der Waals surface area contributed by atoms with E-state index in [0.717, 1.165) is 16.0 Å². The van der Waals surface area contributed by atoms with E-state index in [1.165, 1.54) is 24.3 Å². The highest BCUT2D eigenvalue weighted by Gasteiger charge is 2.39. The van der Waals surface area contributed by atoms with Crippen LogP contribution in [0.15, 0.2) is 84.9 Å². The Morgan fingerprint density at radius 1 is 0.744 bits per heavy atom. The van der Waals surface area contributed by atoms with E-state index >= 15 is 0 Å². The summed E-state index contributed by atoms with van der Waals surface area (Å²) in [6, 6.07) is 22.7. The number of rotatable bonds is 6. The van der Waals surface area contributed by atoms with E-state index in [4.69, 9.17) is 27.9 Å². The number of benzene rings is 4. The van der Waals surface area contributed by atoms with Gasteiger partial charge in [-0.1, -0.05) is 77.8 Å². The van der Waals surface area contributed by atoms with E-state index in [-0.39, 0.29) is 32.4 Å². The molecule has 0 fully saturated rings. The van der Waals surface area contributed by atoms with Gasteiger partial charge >= 0.3 is 5.97 Å². The number of ketones is 1. The first-order valence-electron chi connectivity index (χ1n) is 12.0. The maximum atomic E-state index is 13.6. The van der Waals surface area contributed by atoms with Crippen molar-refractivity contribution in [3.05, 3.63) is 134 Å². The summed E-state index contributed by atoms with van der Waals surface area (Å²) < 4.78 is 5.82. The standard InChI is InChI=1S/C31H21Cl2NO5/c1-17-12-13-20(14-18(17)2)27(35)28(19-8-4-3-5-9-19)39-31(38)21-10-6-7-11-26(21)34-29(36)22-15-24(32)25(33)16-23(22)30(34)37/h3-16,28H,1-2H3/t28-/m1/s1. The molecule has 8 heteroatoms. The van der Waals surface area contributed by atoms with Gasteiger partial charge in [-0.3, -0.25) is 14.4 Å². The first-order valence-corrected chi connectivity index (χ1v) is 12.8. The second kappa shape index (κ2) is 10.5. The number of halogens is 2. The maximum Gasteiger partial charge on any atom is 0.341 e. The largest absolute Gasteiger partial charge is 0.445 e. The first-order chi connectivity index (χ1) is 18.7. The fourth-order valence-corrected chi connectivity index (χ4v) is 4.74. The number of para-hydroxylation sites is 1. The Morgan fingerprint density at radius 2 is 1.33 bits per heavy atom. The van der Waals surface area contributed by atoms with Crippen molar-refractivity contribution in [3.8, 4) is 0 Å². The van der Waals surface area contributed by atoms with E-state index in [1.54, 1.807) is 54.6 Å². The Balaban J connectivity index is 1.52. The van der Waals surface area contributed by atoms with Gasteiger partial charge in [0, 0.05) is 11.1 Å². The van der Waals surface area contributed by atoms with Crippen molar-refractivity contribution in [2.24, 2.45) is 0 Å². The number of nitrogens with zero attached hydrogens (tertiary/aromatic N) is 1. The normalized spacial score (nSPS) is 13.3. The lowest BCUT2D eigenvalue weighted by Crippen LogP contribution is -2.31. The third-order valence-electron chi connectivity index (χ3n) is 6.65. The molecule has 5 rings (SSSR count). The van der Waals surface area contributed by atoms with Crippen LogP contribution in [0.4, 0.5) is 5.69 Å². The molecule has 39 heavy (non-hydrogen) atoms. The molecule has 2 amide bonds. The molecule has 1 aliphatic heterocycles. The number of carbonyl (C=O) groups is 4. The SMILES string of the molecule is Cc1ccc(C(=O)[C@H](OC(=O)c2ccccc2N2C(=O)c3cc(Cl)c(Cl)cc3C2=O)c2ccccc2)cc1C. The minimum atomic E-state index is -1.26. The summed E-state index contributed by atoms with van der Waals surface area (Å²) in [5, 5.41) is 0.253. The predicted molar refractivity (Wildman–Crippen MR) is 149 cm³/mol. The van der Waals surface area contributed by atoms with Gasteiger partial charge in [-0.05, 0) is 55.3 Å². The molecule has 0 spiro atoms. The van der Waals surface area contributed by atoms with Crippen molar-refractivity contribution >= 4 is 52.5 Å². The molecule has 0 radical (unpaired) electrons. The number of aryl methyl sites for hydroxylation is 2. The van der Waals surface area contributed by atoms with Gasteiger partial charge in [0.1, 0.15) is 0 Å². The van der Waals surface area contributed by atoms with Gasteiger partial charge in [0.25, 0.3) is 11.8 Å². The third kappa shape index (κ3) is 4.85. The summed E-state index contributed by atoms with van der Waals surface area (Å²) in [5.41, 5.74) is 2.94. The van der Waals surface area contributed by atoms with Crippen LogP contribution in [-0.2, 0) is 4.74 Å². The van der Waals surface area contributed by atoms with Gasteiger partial charge in [-0.2, -0.15) is 0 Å². The van der Waals surface area contributed by atoms with Gasteiger partial charge in [-0.15, -0.1) is 0 Å². The van der Waals surface area contributed by atoms with Crippen LogP contribution in [0.3, 0.4) is 0 Å². The number of carbonyl (C=O) groups excluding carboxylic acids is 4. The number of hydrogen-bond acceptors (Lipinski definition) is 5. The molecule has 0 aliphatic carbocycles. The van der Waals surface area contributed by atoms with Crippen LogP contribution in [0, 0.1) is 13.8 Å². The molecule has 0 saturated heterocycles. The Bertz CT molecular complexity index is 1620. The van der Waals surface area contributed by atoms with Crippen LogP contribution in [0.25, 0.3) is 0 Å². The molecule has 0 aromatic heterocycles. The molecule has 6 nitrogen and oxygen atoms in total. The molecule has 1 aliphatic rings. The molecule has 194 valence electrons. The Morgan fingerprint density at radius 3 is 1.95 bits per heavy atom. The predicted octanol–water partition coefficient (Wildman–Crippen LogP) is 7.19. The van der Waals surface area contributed by atoms with Crippen molar-refractivity contribution in [2.45, 2.75) is 20.0 Å². The quantitative estimate of drug-likeness (QED) is 0.142. The highest BCUT2D eigenvalue weighted by molar-refractivity contribution is 6.44. The Hall–Kier alpha value is -4.26. The van der Waals surface area contributed by atoms with Crippen LogP contribution >= 0.6 is 23.2 Å². The van der Waals surface area contributed by atoms with Crippen molar-refractivity contribution < 1.29 is 23.9 Å². The van der Waals surface area contributed by atoms with Crippen molar-refractivity contribution in [2.75, 3.05) is 4.90 Å². The highest BCUT2D eigenvalue weighted by Crippen LogP contribution is 2.36. The van der Waals surface area contributed by atoms with E-state index in [2.05, 4.69) is 0 Å². The summed E-state index contributed by atoms with van der Waals surface area (Å²) in [5.74, 6) is -2.58. The molecule has 1 atom stereocenters. The zero-order valence-electron chi connectivity index (χ0n) is 20.9. The van der Waals surface area contributed by atoms with Crippen LogP contribution < -0.4 is 4.90 Å². The van der Waals surface area contributed by atoms with Gasteiger partial charge in [-0.25, -0.2) is 9.69 Å². The monoisotopic (exact) mass is 557 g/mol. The lowest BCUT2D eigenvalue weighted by molar-refractivity contribution is 0.0281. The summed E-state index contributed by atoms with van der Waals surface area (Å²) in [6.45, 7) is 3.84. The van der Waals surface area contributed by atoms with E-state index in [1.807, 2.05) is 19.9 Å². The van der Waals surface area contributed by atoms with Crippen LogP contribution in [0.1, 0.15) is 64.2 Å². The van der Waals surface area contributed by atoms with Crippen molar-refractivity contribution in [1.82, 2.24) is 0 Å². The van der Waals surface area contributed by atoms with Crippen LogP contribution in [0.5, 0.6) is 0 Å². The minimum Gasteiger partial charge on any atom is -0.445 e. The summed E-state index contributed by atoms with van der Waals surface area (Å²) in [4.78, 5) is 54.6. The lowest BCUT2D eigenvalue weighted by atomic mass is 9.97. The first kappa shape index (κ1) is 26.4. The smallest absolute Gasteiger partial charge is 0.341 e. The summed E-state index contributed by atoms with van der Waals surface area (Å²) in [7, 11) is 0. The number of Topliss-reactive ketones (excluding diaryl/α,β-unsaturated/α-hetero) is 1. The number of fused-ring (bicyclic) bond motifs is 1. The van der Waals surface area contributed by atoms with Crippen LogP contribution in [-0.4, -0.2) is 23.6 Å². The van der Waals surface area contributed by atoms with Crippen LogP contribution in [0.2, 0.25) is 10.0 Å². The maximum absolute atomic E-state index is 13.6. The number of amides is 2. The zero-order chi connectivity index (χ0) is 27.8. The molecule has 4 aromatic carbocycles. The second-order valence-corrected chi connectivity index (χ2v) is 9.95. The highest BCUT2D eigenvalue weighted by atomic mass is 35.5. The number of esters is 1. The summed E-state index contributed by atoms with van der Waals surface area (Å²) in [6.07, 6.45) is -1.26. The van der Waals surface area contributed by atoms with E-state index in [9.17, 15) is 19.2 Å². The van der Waals surface area contributed by atoms with Gasteiger partial charge in [0.05, 0.1) is 32.4 Å². The molecule has 4 aromatic rings. The lowest BCUT2D eigenvalue weighted by Gasteiger charge is -2.21. The molecule has 0 unspecified atom stereocenters. The number of ether oxygens (including phenoxy) is 1. The molecule has 0 bridgehead atoms. The number of imide groups is 1. The van der Waals surface area contributed by atoms with E-state index in [0.29, 0.717) is 11.1 Å². The second-order valence-electron chi connectivity index (χ2n) is 9.13. The number of hydrogen-bond donors (Lipinski definition) is 0. The minimum absolute atomic E-state index is 0.0198. The topological polar surface area (TPSA) is 80.8 Å². The Kier molecular flexibility index (Phi) is 7.08. The fourth-order valence-electron chi connectivity index (χ4n) is 4.41. The average Bonchev–Trinajstić information content (AvgIpc) is 3.17. The molecule has 0 saturated carbocycles. The molecular weight excluding hydrogens is 537 g/mol. The Labute approximate surface area is 234 Å². The van der Waals surface area contributed by atoms with Crippen molar-refractivity contribution in [1.29, 1.82) is 0 Å². The molecular formula is C31H21Cl2NO5. The zero-order valence-corrected chi connectivity index (χ0v) is 22.4. The van der Waals surface area contributed by atoms with Gasteiger partial charge in [0.2, 0.25) is 5.78 Å². The average molecular weight is 558 g/mol. The van der Waals surface area contributed by atoms with Gasteiger partial charge < -0.3 is 4.74 Å². The fraction of sp³-hybridized carbons (Fsp3) is 0.0968. The van der Waals surface area contributed by atoms with Gasteiger partial charge in [0.15, 0.2) is 6.10 Å². The van der Waals surface area contributed by atoms with E-state index < -0.39 is 29.7 Å². The number of anilines is 1. The van der Waals surface area contributed by atoms with Crippen molar-refractivity contribution in [3.63, 3.8) is 0 Å². The molecule has 0 N–H and O–H groups in total.